The Morgan fingerprint density at radius 3 is 2.74 bits per heavy atom. The second-order valence-corrected chi connectivity index (χ2v) is 6.76. The average molecular weight is 318 g/mol. The zero-order valence-corrected chi connectivity index (χ0v) is 14.4. The Hall–Kier alpha value is -2.05. The van der Waals surface area contributed by atoms with Crippen LogP contribution in [0, 0.1) is 12.8 Å². The summed E-state index contributed by atoms with van der Waals surface area (Å²) in [6.45, 7) is 2.60. The van der Waals surface area contributed by atoms with Crippen LogP contribution in [-0.4, -0.2) is 58.1 Å². The van der Waals surface area contributed by atoms with Gasteiger partial charge in [0.15, 0.2) is 5.96 Å². The van der Waals surface area contributed by atoms with Crippen LogP contribution in [0.4, 0.5) is 0 Å². The fourth-order valence-electron chi connectivity index (χ4n) is 3.36. The van der Waals surface area contributed by atoms with Crippen LogP contribution in [0.3, 0.4) is 0 Å². The van der Waals surface area contributed by atoms with E-state index in [0.717, 1.165) is 11.3 Å². The average Bonchev–Trinajstić information content (AvgIpc) is 3.27. The van der Waals surface area contributed by atoms with E-state index in [-0.39, 0.29) is 17.9 Å². The van der Waals surface area contributed by atoms with E-state index in [2.05, 4.69) is 10.1 Å². The molecule has 1 saturated carbocycles. The Kier molecular flexibility index (Phi) is 4.04. The molecule has 1 aliphatic heterocycles. The van der Waals surface area contributed by atoms with E-state index in [4.69, 9.17) is 5.73 Å². The summed E-state index contributed by atoms with van der Waals surface area (Å²) < 4.78 is 1.85. The Labute approximate surface area is 137 Å². The quantitative estimate of drug-likeness (QED) is 0.653. The molecule has 7 nitrogen and oxygen atoms in total. The van der Waals surface area contributed by atoms with Crippen molar-refractivity contribution >= 4 is 11.9 Å². The van der Waals surface area contributed by atoms with Crippen molar-refractivity contribution in [3.8, 4) is 0 Å². The molecule has 3 rings (SSSR count). The van der Waals surface area contributed by atoms with E-state index < -0.39 is 0 Å². The molecule has 1 aromatic heterocycles. The number of rotatable bonds is 4. The molecule has 1 aromatic rings. The predicted molar refractivity (Wildman–Crippen MR) is 88.8 cm³/mol. The maximum absolute atomic E-state index is 12.2. The summed E-state index contributed by atoms with van der Waals surface area (Å²) in [6, 6.07) is 0.571. The maximum atomic E-state index is 12.2. The third-order valence-electron chi connectivity index (χ3n) is 5.23. The van der Waals surface area contributed by atoms with Gasteiger partial charge >= 0.3 is 0 Å². The first-order chi connectivity index (χ1) is 10.9. The number of carbonyl (C=O) groups excluding carboxylic acids is 1. The van der Waals surface area contributed by atoms with Crippen LogP contribution in [0.1, 0.15) is 36.6 Å². The molecule has 1 amide bonds. The number of nitrogens with two attached hydrogens (primary N) is 1. The number of aromatic nitrogens is 2. The summed E-state index contributed by atoms with van der Waals surface area (Å²) >= 11 is 0. The molecule has 0 aromatic carbocycles. The van der Waals surface area contributed by atoms with Gasteiger partial charge in [0.05, 0.1) is 12.2 Å². The van der Waals surface area contributed by atoms with Gasteiger partial charge in [-0.05, 0) is 19.8 Å². The number of amides is 1. The summed E-state index contributed by atoms with van der Waals surface area (Å²) in [7, 11) is 5.78. The highest BCUT2D eigenvalue weighted by molar-refractivity contribution is 5.80. The van der Waals surface area contributed by atoms with Crippen molar-refractivity contribution < 1.29 is 4.79 Å². The van der Waals surface area contributed by atoms with Crippen molar-refractivity contribution in [2.75, 3.05) is 20.6 Å². The standard InChI is InChI=1S/C16H26N6O/c1-10-13(9-19-22(10)4)15-11(7-14(23)21(15)3)8-18-16(17)20(2)12-5-6-12/h9,11-12,15H,5-8H2,1-4H3,(H2,17,18)/t11-,15+/m0/s1. The van der Waals surface area contributed by atoms with Crippen LogP contribution in [0.25, 0.3) is 0 Å². The van der Waals surface area contributed by atoms with Crippen LogP contribution in [-0.2, 0) is 11.8 Å². The molecule has 1 aliphatic carbocycles. The number of aliphatic imine (C=N–C) groups is 1. The Balaban J connectivity index is 1.78. The zero-order valence-electron chi connectivity index (χ0n) is 14.4. The second kappa shape index (κ2) is 5.86. The lowest BCUT2D eigenvalue weighted by molar-refractivity contribution is -0.127. The van der Waals surface area contributed by atoms with Crippen molar-refractivity contribution in [1.29, 1.82) is 0 Å². The lowest BCUT2D eigenvalue weighted by Crippen LogP contribution is -2.36. The SMILES string of the molecule is Cc1c([C@H]2[C@H](CN=C(N)N(C)C3CC3)CC(=O)N2C)cnn1C. The first-order valence-electron chi connectivity index (χ1n) is 8.17. The van der Waals surface area contributed by atoms with Gasteiger partial charge in [-0.25, -0.2) is 0 Å². The van der Waals surface area contributed by atoms with Crippen molar-refractivity contribution in [3.63, 3.8) is 0 Å². The van der Waals surface area contributed by atoms with E-state index in [1.165, 1.54) is 12.8 Å². The molecular formula is C16H26N6O. The number of hydrogen-bond donors (Lipinski definition) is 1. The second-order valence-electron chi connectivity index (χ2n) is 6.76. The van der Waals surface area contributed by atoms with Gasteiger partial charge in [0, 0.05) is 57.3 Å². The highest BCUT2D eigenvalue weighted by Crippen LogP contribution is 2.38. The molecule has 2 heterocycles. The van der Waals surface area contributed by atoms with Gasteiger partial charge in [-0.15, -0.1) is 0 Å². The zero-order chi connectivity index (χ0) is 16.7. The number of hydrogen-bond acceptors (Lipinski definition) is 3. The van der Waals surface area contributed by atoms with Crippen LogP contribution in [0.15, 0.2) is 11.2 Å². The molecule has 2 aliphatic rings. The molecule has 2 atom stereocenters. The fraction of sp³-hybridized carbons (Fsp3) is 0.688. The minimum absolute atomic E-state index is 0.0268. The minimum atomic E-state index is 0.0268. The number of likely N-dealkylation sites (tertiary alicyclic amines) is 1. The van der Waals surface area contributed by atoms with Gasteiger partial charge in [-0.2, -0.15) is 5.10 Å². The lowest BCUT2D eigenvalue weighted by atomic mass is 9.94. The molecule has 1 saturated heterocycles. The molecule has 7 heteroatoms. The van der Waals surface area contributed by atoms with Gasteiger partial charge < -0.3 is 15.5 Å². The number of nitrogens with zero attached hydrogens (tertiary/aromatic N) is 5. The van der Waals surface area contributed by atoms with Crippen LogP contribution >= 0.6 is 0 Å². The fourth-order valence-corrected chi connectivity index (χ4v) is 3.36. The topological polar surface area (TPSA) is 79.8 Å². The van der Waals surface area contributed by atoms with Crippen molar-refractivity contribution in [3.05, 3.63) is 17.5 Å². The Morgan fingerprint density at radius 2 is 2.17 bits per heavy atom. The van der Waals surface area contributed by atoms with Gasteiger partial charge in [-0.1, -0.05) is 0 Å². The van der Waals surface area contributed by atoms with Crippen molar-refractivity contribution in [1.82, 2.24) is 19.6 Å². The summed E-state index contributed by atoms with van der Waals surface area (Å²) in [4.78, 5) is 20.6. The molecule has 2 N–H and O–H groups in total. The van der Waals surface area contributed by atoms with E-state index >= 15 is 0 Å². The van der Waals surface area contributed by atoms with Crippen molar-refractivity contribution in [2.24, 2.45) is 23.7 Å². The molecule has 0 radical (unpaired) electrons. The van der Waals surface area contributed by atoms with E-state index in [1.807, 2.05) is 48.7 Å². The van der Waals surface area contributed by atoms with E-state index in [1.54, 1.807) is 0 Å². The van der Waals surface area contributed by atoms with E-state index in [0.29, 0.717) is 25.0 Å². The largest absolute Gasteiger partial charge is 0.370 e. The normalized spacial score (nSPS) is 25.3. The van der Waals surface area contributed by atoms with E-state index in [9.17, 15) is 4.79 Å². The molecule has 0 bridgehead atoms. The first kappa shape index (κ1) is 15.8. The summed E-state index contributed by atoms with van der Waals surface area (Å²) in [5, 5.41) is 4.32. The van der Waals surface area contributed by atoms with Crippen molar-refractivity contribution in [2.45, 2.75) is 38.3 Å². The minimum Gasteiger partial charge on any atom is -0.370 e. The number of guanidine groups is 1. The smallest absolute Gasteiger partial charge is 0.223 e. The van der Waals surface area contributed by atoms with Crippen LogP contribution < -0.4 is 5.73 Å². The van der Waals surface area contributed by atoms with Gasteiger partial charge in [-0.3, -0.25) is 14.5 Å². The predicted octanol–water partition coefficient (Wildman–Crippen LogP) is 0.657. The highest BCUT2D eigenvalue weighted by Gasteiger charge is 2.40. The summed E-state index contributed by atoms with van der Waals surface area (Å²) in [5.74, 6) is 0.880. The molecular weight excluding hydrogens is 292 g/mol. The molecule has 0 spiro atoms. The first-order valence-corrected chi connectivity index (χ1v) is 8.17. The molecule has 23 heavy (non-hydrogen) atoms. The number of aryl methyl sites for hydroxylation is 1. The molecule has 126 valence electrons. The van der Waals surface area contributed by atoms with Gasteiger partial charge in [0.2, 0.25) is 5.91 Å². The molecule has 2 fully saturated rings. The third kappa shape index (κ3) is 2.92. The van der Waals surface area contributed by atoms with Crippen LogP contribution in [0.5, 0.6) is 0 Å². The van der Waals surface area contributed by atoms with Crippen LogP contribution in [0.2, 0.25) is 0 Å². The van der Waals surface area contributed by atoms with Gasteiger partial charge in [0.25, 0.3) is 0 Å². The monoisotopic (exact) mass is 318 g/mol. The maximum Gasteiger partial charge on any atom is 0.223 e. The third-order valence-corrected chi connectivity index (χ3v) is 5.23. The Bertz CT molecular complexity index is 633. The Morgan fingerprint density at radius 1 is 1.48 bits per heavy atom. The number of carbonyl (C=O) groups is 1. The molecule has 0 unspecified atom stereocenters. The highest BCUT2D eigenvalue weighted by atomic mass is 16.2. The summed E-state index contributed by atoms with van der Waals surface area (Å²) in [5.41, 5.74) is 8.28. The lowest BCUT2D eigenvalue weighted by Gasteiger charge is -2.24. The van der Waals surface area contributed by atoms with Gasteiger partial charge in [0.1, 0.15) is 0 Å². The summed E-state index contributed by atoms with van der Waals surface area (Å²) in [6.07, 6.45) is 4.76.